The van der Waals surface area contributed by atoms with E-state index in [4.69, 9.17) is 4.74 Å². The quantitative estimate of drug-likeness (QED) is 0.736. The van der Waals surface area contributed by atoms with Crippen molar-refractivity contribution in [3.8, 4) is 0 Å². The Morgan fingerprint density at radius 1 is 1.42 bits per heavy atom. The molecule has 1 saturated heterocycles. The van der Waals surface area contributed by atoms with E-state index in [2.05, 4.69) is 10.2 Å². The molecule has 0 aliphatic carbocycles. The van der Waals surface area contributed by atoms with E-state index in [0.717, 1.165) is 25.8 Å². The first-order valence-corrected chi connectivity index (χ1v) is 7.28. The predicted molar refractivity (Wildman–Crippen MR) is 73.7 cm³/mol. The fourth-order valence-electron chi connectivity index (χ4n) is 2.37. The van der Waals surface area contributed by atoms with Crippen molar-refractivity contribution in [1.82, 2.24) is 10.2 Å². The number of esters is 1. The van der Waals surface area contributed by atoms with Crippen LogP contribution < -0.4 is 5.32 Å². The second-order valence-corrected chi connectivity index (χ2v) is 5.05. The molecule has 1 N–H and O–H groups in total. The molecule has 5 heteroatoms. The lowest BCUT2D eigenvalue weighted by Gasteiger charge is -2.35. The summed E-state index contributed by atoms with van der Waals surface area (Å²) in [5.41, 5.74) is 0. The summed E-state index contributed by atoms with van der Waals surface area (Å²) >= 11 is 0. The van der Waals surface area contributed by atoms with Gasteiger partial charge >= 0.3 is 5.97 Å². The Morgan fingerprint density at radius 2 is 2.16 bits per heavy atom. The average molecular weight is 270 g/mol. The second kappa shape index (κ2) is 8.15. The molecule has 5 nitrogen and oxygen atoms in total. The zero-order chi connectivity index (χ0) is 14.3. The number of hydrogen-bond acceptors (Lipinski definition) is 4. The molecule has 0 bridgehead atoms. The minimum absolute atomic E-state index is 0.0476. The number of nitrogens with zero attached hydrogens (tertiary/aromatic N) is 1. The third kappa shape index (κ3) is 4.82. The average Bonchev–Trinajstić information content (AvgIpc) is 2.44. The molecule has 1 aliphatic heterocycles. The molecule has 1 heterocycles. The minimum Gasteiger partial charge on any atom is -0.466 e. The highest BCUT2D eigenvalue weighted by Crippen LogP contribution is 2.19. The van der Waals surface area contributed by atoms with Gasteiger partial charge in [-0.25, -0.2) is 0 Å². The fourth-order valence-corrected chi connectivity index (χ4v) is 2.37. The summed E-state index contributed by atoms with van der Waals surface area (Å²) in [4.78, 5) is 25.8. The van der Waals surface area contributed by atoms with Gasteiger partial charge < -0.3 is 10.1 Å². The number of piperidine rings is 1. The number of amides is 1. The van der Waals surface area contributed by atoms with Gasteiger partial charge in [0.05, 0.1) is 18.6 Å². The van der Waals surface area contributed by atoms with Crippen molar-refractivity contribution < 1.29 is 14.3 Å². The molecule has 0 aromatic heterocycles. The minimum atomic E-state index is -0.177. The molecule has 110 valence electrons. The SMILES string of the molecule is CCCNC(=O)C(C)N1CCCC(C(=O)OCC)C1. The van der Waals surface area contributed by atoms with Gasteiger partial charge in [0.15, 0.2) is 0 Å². The molecule has 1 fully saturated rings. The molecular formula is C14H26N2O3. The molecule has 0 radical (unpaired) electrons. The van der Waals surface area contributed by atoms with Crippen LogP contribution in [0.1, 0.15) is 40.0 Å². The van der Waals surface area contributed by atoms with E-state index in [1.54, 1.807) is 0 Å². The van der Waals surface area contributed by atoms with Crippen LogP contribution in [-0.4, -0.2) is 49.1 Å². The lowest BCUT2D eigenvalue weighted by Crippen LogP contribution is -2.50. The van der Waals surface area contributed by atoms with Crippen molar-refractivity contribution >= 4 is 11.9 Å². The van der Waals surface area contributed by atoms with Crippen LogP contribution in [0.2, 0.25) is 0 Å². The Balaban J connectivity index is 2.49. The van der Waals surface area contributed by atoms with Crippen LogP contribution in [0.15, 0.2) is 0 Å². The molecule has 2 atom stereocenters. The summed E-state index contributed by atoms with van der Waals surface area (Å²) in [6, 6.07) is -0.177. The summed E-state index contributed by atoms with van der Waals surface area (Å²) in [5.74, 6) is -0.171. The number of likely N-dealkylation sites (tertiary alicyclic amines) is 1. The van der Waals surface area contributed by atoms with E-state index in [0.29, 0.717) is 19.7 Å². The van der Waals surface area contributed by atoms with E-state index in [1.807, 2.05) is 20.8 Å². The third-order valence-electron chi connectivity index (χ3n) is 3.55. The number of hydrogen-bond donors (Lipinski definition) is 1. The maximum absolute atomic E-state index is 11.9. The van der Waals surface area contributed by atoms with Crippen molar-refractivity contribution in [2.45, 2.75) is 46.1 Å². The number of carbonyl (C=O) groups excluding carboxylic acids is 2. The summed E-state index contributed by atoms with van der Waals surface area (Å²) in [6.07, 6.45) is 2.73. The highest BCUT2D eigenvalue weighted by Gasteiger charge is 2.31. The van der Waals surface area contributed by atoms with E-state index < -0.39 is 0 Å². The zero-order valence-corrected chi connectivity index (χ0v) is 12.3. The van der Waals surface area contributed by atoms with Crippen LogP contribution in [-0.2, 0) is 14.3 Å². The predicted octanol–water partition coefficient (Wildman–Crippen LogP) is 1.18. The Labute approximate surface area is 115 Å². The highest BCUT2D eigenvalue weighted by atomic mass is 16.5. The molecule has 1 aliphatic rings. The Kier molecular flexibility index (Phi) is 6.84. The van der Waals surface area contributed by atoms with Crippen molar-refractivity contribution in [3.63, 3.8) is 0 Å². The Bertz CT molecular complexity index is 307. The summed E-state index contributed by atoms with van der Waals surface area (Å²) in [5, 5.41) is 2.90. The summed E-state index contributed by atoms with van der Waals surface area (Å²) in [6.45, 7) is 8.37. The van der Waals surface area contributed by atoms with Crippen LogP contribution in [0.5, 0.6) is 0 Å². The van der Waals surface area contributed by atoms with Gasteiger partial charge in [-0.05, 0) is 39.7 Å². The van der Waals surface area contributed by atoms with Crippen molar-refractivity contribution in [2.75, 3.05) is 26.2 Å². The van der Waals surface area contributed by atoms with Gasteiger partial charge in [0.25, 0.3) is 0 Å². The van der Waals surface area contributed by atoms with E-state index in [-0.39, 0.29) is 23.8 Å². The van der Waals surface area contributed by atoms with E-state index in [9.17, 15) is 9.59 Å². The van der Waals surface area contributed by atoms with E-state index >= 15 is 0 Å². The Morgan fingerprint density at radius 3 is 2.79 bits per heavy atom. The second-order valence-electron chi connectivity index (χ2n) is 5.05. The van der Waals surface area contributed by atoms with Crippen molar-refractivity contribution in [3.05, 3.63) is 0 Å². The molecule has 19 heavy (non-hydrogen) atoms. The first-order valence-electron chi connectivity index (χ1n) is 7.28. The van der Waals surface area contributed by atoms with Gasteiger partial charge in [0.1, 0.15) is 0 Å². The Hall–Kier alpha value is -1.10. The molecule has 0 spiro atoms. The van der Waals surface area contributed by atoms with Crippen LogP contribution in [0.3, 0.4) is 0 Å². The van der Waals surface area contributed by atoms with Gasteiger partial charge in [-0.2, -0.15) is 0 Å². The maximum Gasteiger partial charge on any atom is 0.310 e. The molecule has 0 saturated carbocycles. The van der Waals surface area contributed by atoms with Gasteiger partial charge in [-0.3, -0.25) is 14.5 Å². The fraction of sp³-hybridized carbons (Fsp3) is 0.857. The smallest absolute Gasteiger partial charge is 0.310 e. The van der Waals surface area contributed by atoms with E-state index in [1.165, 1.54) is 0 Å². The van der Waals surface area contributed by atoms with Gasteiger partial charge in [0.2, 0.25) is 5.91 Å². The normalized spacial score (nSPS) is 21.7. The number of ether oxygens (including phenoxy) is 1. The van der Waals surface area contributed by atoms with Crippen LogP contribution >= 0.6 is 0 Å². The number of nitrogens with one attached hydrogen (secondary N) is 1. The molecular weight excluding hydrogens is 244 g/mol. The summed E-state index contributed by atoms with van der Waals surface area (Å²) in [7, 11) is 0. The van der Waals surface area contributed by atoms with Crippen LogP contribution in [0.25, 0.3) is 0 Å². The topological polar surface area (TPSA) is 58.6 Å². The van der Waals surface area contributed by atoms with Crippen LogP contribution in [0.4, 0.5) is 0 Å². The standard InChI is InChI=1S/C14H26N2O3/c1-4-8-15-13(17)11(3)16-9-6-7-12(10-16)14(18)19-5-2/h11-12H,4-10H2,1-3H3,(H,15,17). The van der Waals surface area contributed by atoms with Gasteiger partial charge in [0, 0.05) is 13.1 Å². The van der Waals surface area contributed by atoms with Crippen molar-refractivity contribution in [1.29, 1.82) is 0 Å². The third-order valence-corrected chi connectivity index (χ3v) is 3.55. The maximum atomic E-state index is 11.9. The summed E-state index contributed by atoms with van der Waals surface area (Å²) < 4.78 is 5.07. The van der Waals surface area contributed by atoms with Crippen molar-refractivity contribution in [2.24, 2.45) is 5.92 Å². The monoisotopic (exact) mass is 270 g/mol. The zero-order valence-electron chi connectivity index (χ0n) is 12.3. The molecule has 2 unspecified atom stereocenters. The highest BCUT2D eigenvalue weighted by molar-refractivity contribution is 5.81. The number of rotatable bonds is 6. The van der Waals surface area contributed by atoms with Crippen LogP contribution in [0, 0.1) is 5.92 Å². The lowest BCUT2D eigenvalue weighted by molar-refractivity contribution is -0.151. The first kappa shape index (κ1) is 16.0. The molecule has 1 amide bonds. The van der Waals surface area contributed by atoms with Gasteiger partial charge in [-0.15, -0.1) is 0 Å². The molecule has 1 rings (SSSR count). The largest absolute Gasteiger partial charge is 0.466 e. The first-order chi connectivity index (χ1) is 9.10. The molecule has 0 aromatic carbocycles. The molecule has 0 aromatic rings. The number of carbonyl (C=O) groups is 2. The lowest BCUT2D eigenvalue weighted by atomic mass is 9.97. The van der Waals surface area contributed by atoms with Gasteiger partial charge in [-0.1, -0.05) is 6.92 Å².